The molecule has 0 saturated carbocycles. The molecule has 1 fully saturated rings. The first-order valence-electron chi connectivity index (χ1n) is 6.99. The van der Waals surface area contributed by atoms with Gasteiger partial charge in [0.05, 0.1) is 12.1 Å². The highest BCUT2D eigenvalue weighted by atomic mass is 16.5. The van der Waals surface area contributed by atoms with Gasteiger partial charge in [-0.25, -0.2) is 0 Å². The molecule has 1 aliphatic rings. The van der Waals surface area contributed by atoms with E-state index in [0.717, 1.165) is 5.56 Å². The first kappa shape index (κ1) is 15.0. The van der Waals surface area contributed by atoms with Crippen LogP contribution in [-0.4, -0.2) is 42.9 Å². The van der Waals surface area contributed by atoms with Gasteiger partial charge in [0.15, 0.2) is 0 Å². The van der Waals surface area contributed by atoms with Crippen LogP contribution in [0.15, 0.2) is 30.3 Å². The van der Waals surface area contributed by atoms with E-state index >= 15 is 0 Å². The minimum atomic E-state index is -0.738. The molecule has 0 atom stereocenters. The van der Waals surface area contributed by atoms with Gasteiger partial charge in [-0.15, -0.1) is 0 Å². The third-order valence-electron chi connectivity index (χ3n) is 3.50. The van der Waals surface area contributed by atoms with Crippen molar-refractivity contribution in [1.29, 1.82) is 0 Å². The monoisotopic (exact) mass is 278 g/mol. The molecule has 5 nitrogen and oxygen atoms in total. The summed E-state index contributed by atoms with van der Waals surface area (Å²) >= 11 is 0. The third-order valence-corrected chi connectivity index (χ3v) is 3.50. The summed E-state index contributed by atoms with van der Waals surface area (Å²) in [4.78, 5) is 11.7. The molecule has 0 aromatic heterocycles. The molecule has 110 valence electrons. The summed E-state index contributed by atoms with van der Waals surface area (Å²) in [5, 5.41) is 16.1. The van der Waals surface area contributed by atoms with E-state index in [4.69, 9.17) is 4.74 Å². The Hall–Kier alpha value is -1.43. The molecule has 1 amide bonds. The minimum absolute atomic E-state index is 0.0653. The Morgan fingerprint density at radius 1 is 1.25 bits per heavy atom. The van der Waals surface area contributed by atoms with Gasteiger partial charge in [-0.05, 0) is 5.56 Å². The van der Waals surface area contributed by atoms with E-state index < -0.39 is 5.60 Å². The highest BCUT2D eigenvalue weighted by molar-refractivity contribution is 5.77. The lowest BCUT2D eigenvalue weighted by molar-refractivity contribution is -0.120. The van der Waals surface area contributed by atoms with Crippen molar-refractivity contribution in [3.63, 3.8) is 0 Å². The van der Waals surface area contributed by atoms with Gasteiger partial charge in [0, 0.05) is 39.1 Å². The Labute approximate surface area is 119 Å². The number of nitrogens with one attached hydrogen (secondary N) is 2. The van der Waals surface area contributed by atoms with Crippen molar-refractivity contribution in [1.82, 2.24) is 10.6 Å². The molecule has 1 aliphatic heterocycles. The second-order valence-corrected chi connectivity index (χ2v) is 5.20. The van der Waals surface area contributed by atoms with Crippen molar-refractivity contribution >= 4 is 5.91 Å². The minimum Gasteiger partial charge on any atom is -0.388 e. The number of hydrogen-bond donors (Lipinski definition) is 3. The average molecular weight is 278 g/mol. The van der Waals surface area contributed by atoms with Crippen LogP contribution < -0.4 is 10.6 Å². The fraction of sp³-hybridized carbons (Fsp3) is 0.533. The molecule has 0 unspecified atom stereocenters. The molecule has 1 aromatic carbocycles. The van der Waals surface area contributed by atoms with Crippen LogP contribution in [0.1, 0.15) is 18.4 Å². The zero-order valence-electron chi connectivity index (χ0n) is 11.6. The van der Waals surface area contributed by atoms with E-state index in [2.05, 4.69) is 10.6 Å². The Morgan fingerprint density at radius 3 is 2.65 bits per heavy atom. The highest BCUT2D eigenvalue weighted by Gasteiger charge is 2.29. The lowest BCUT2D eigenvalue weighted by atomic mass is 9.94. The van der Waals surface area contributed by atoms with Gasteiger partial charge < -0.3 is 20.5 Å². The van der Waals surface area contributed by atoms with Crippen molar-refractivity contribution in [3.8, 4) is 0 Å². The molecule has 5 heteroatoms. The normalized spacial score (nSPS) is 17.6. The summed E-state index contributed by atoms with van der Waals surface area (Å²) < 4.78 is 5.21. The molecular formula is C15H22N2O3. The Bertz CT molecular complexity index is 416. The van der Waals surface area contributed by atoms with Gasteiger partial charge in [0.25, 0.3) is 0 Å². The van der Waals surface area contributed by atoms with E-state index in [-0.39, 0.29) is 12.5 Å². The number of ether oxygens (including phenoxy) is 1. The van der Waals surface area contributed by atoms with Crippen molar-refractivity contribution in [2.45, 2.75) is 25.0 Å². The van der Waals surface area contributed by atoms with E-state index in [1.807, 2.05) is 30.3 Å². The fourth-order valence-electron chi connectivity index (χ4n) is 2.20. The Balaban J connectivity index is 1.63. The Morgan fingerprint density at radius 2 is 1.95 bits per heavy atom. The maximum atomic E-state index is 11.7. The van der Waals surface area contributed by atoms with Crippen LogP contribution in [0.25, 0.3) is 0 Å². The molecule has 0 radical (unpaired) electrons. The first-order valence-corrected chi connectivity index (χ1v) is 6.99. The average Bonchev–Trinajstić information content (AvgIpc) is 2.47. The van der Waals surface area contributed by atoms with Crippen molar-refractivity contribution in [2.24, 2.45) is 0 Å². The standard InChI is InChI=1S/C15H22N2O3/c18-14(17-10-13-4-2-1-3-5-13)11-16-12-15(19)6-8-20-9-7-15/h1-5,16,19H,6-12H2,(H,17,18). The van der Waals surface area contributed by atoms with Crippen LogP contribution in [0, 0.1) is 0 Å². The lowest BCUT2D eigenvalue weighted by Gasteiger charge is -2.32. The number of carbonyl (C=O) groups is 1. The number of carbonyl (C=O) groups excluding carboxylic acids is 1. The predicted octanol–water partition coefficient (Wildman–Crippen LogP) is 0.434. The maximum absolute atomic E-state index is 11.7. The maximum Gasteiger partial charge on any atom is 0.234 e. The number of amides is 1. The third kappa shape index (κ3) is 4.92. The zero-order valence-corrected chi connectivity index (χ0v) is 11.6. The topological polar surface area (TPSA) is 70.6 Å². The number of hydrogen-bond acceptors (Lipinski definition) is 4. The molecule has 1 aromatic rings. The second kappa shape index (κ2) is 7.38. The molecule has 1 saturated heterocycles. The first-order chi connectivity index (χ1) is 9.68. The van der Waals surface area contributed by atoms with Gasteiger partial charge in [0.2, 0.25) is 5.91 Å². The van der Waals surface area contributed by atoms with E-state index in [9.17, 15) is 9.90 Å². The molecule has 0 bridgehead atoms. The van der Waals surface area contributed by atoms with Crippen LogP contribution in [-0.2, 0) is 16.1 Å². The van der Waals surface area contributed by atoms with Gasteiger partial charge in [0.1, 0.15) is 0 Å². The predicted molar refractivity (Wildman–Crippen MR) is 76.2 cm³/mol. The van der Waals surface area contributed by atoms with Crippen molar-refractivity contribution < 1.29 is 14.6 Å². The number of aliphatic hydroxyl groups is 1. The summed E-state index contributed by atoms with van der Waals surface area (Å²) in [5.74, 6) is -0.0653. The summed E-state index contributed by atoms with van der Waals surface area (Å²) in [6.07, 6.45) is 1.23. The largest absolute Gasteiger partial charge is 0.388 e. The summed E-state index contributed by atoms with van der Waals surface area (Å²) in [6.45, 7) is 2.33. The molecule has 1 heterocycles. The van der Waals surface area contributed by atoms with E-state index in [1.54, 1.807) is 0 Å². The molecule has 0 aliphatic carbocycles. The van der Waals surface area contributed by atoms with Crippen molar-refractivity contribution in [3.05, 3.63) is 35.9 Å². The quantitative estimate of drug-likeness (QED) is 0.706. The summed E-state index contributed by atoms with van der Waals surface area (Å²) in [5.41, 5.74) is 0.335. The van der Waals surface area contributed by atoms with Crippen LogP contribution in [0.2, 0.25) is 0 Å². The summed E-state index contributed by atoms with van der Waals surface area (Å²) in [7, 11) is 0. The molecule has 0 spiro atoms. The lowest BCUT2D eigenvalue weighted by Crippen LogP contribution is -2.47. The zero-order chi connectivity index (χ0) is 14.3. The van der Waals surface area contributed by atoms with Crippen LogP contribution in [0.4, 0.5) is 0 Å². The van der Waals surface area contributed by atoms with Crippen LogP contribution in [0.3, 0.4) is 0 Å². The smallest absolute Gasteiger partial charge is 0.234 e. The number of benzene rings is 1. The van der Waals surface area contributed by atoms with Gasteiger partial charge in [-0.3, -0.25) is 4.79 Å². The van der Waals surface area contributed by atoms with E-state index in [1.165, 1.54) is 0 Å². The SMILES string of the molecule is O=C(CNCC1(O)CCOCC1)NCc1ccccc1. The van der Waals surface area contributed by atoms with Gasteiger partial charge in [-0.2, -0.15) is 0 Å². The van der Waals surface area contributed by atoms with Gasteiger partial charge in [-0.1, -0.05) is 30.3 Å². The number of rotatable bonds is 6. The van der Waals surface area contributed by atoms with Crippen LogP contribution in [0.5, 0.6) is 0 Å². The molecule has 2 rings (SSSR count). The van der Waals surface area contributed by atoms with Crippen LogP contribution >= 0.6 is 0 Å². The van der Waals surface area contributed by atoms with Crippen molar-refractivity contribution in [2.75, 3.05) is 26.3 Å². The highest BCUT2D eigenvalue weighted by Crippen LogP contribution is 2.18. The summed E-state index contributed by atoms with van der Waals surface area (Å²) in [6, 6.07) is 9.78. The van der Waals surface area contributed by atoms with E-state index in [0.29, 0.717) is 39.1 Å². The Kier molecular flexibility index (Phi) is 5.52. The van der Waals surface area contributed by atoms with Gasteiger partial charge >= 0.3 is 0 Å². The second-order valence-electron chi connectivity index (χ2n) is 5.20. The molecule has 3 N–H and O–H groups in total. The molecular weight excluding hydrogens is 256 g/mol. The fourth-order valence-corrected chi connectivity index (χ4v) is 2.20. The molecule has 20 heavy (non-hydrogen) atoms.